The average Bonchev–Trinajstić information content (AvgIpc) is 3.58. The van der Waals surface area contributed by atoms with E-state index in [1.165, 1.54) is 24.2 Å². The van der Waals surface area contributed by atoms with Gasteiger partial charge in [0.05, 0.1) is 27.3 Å². The van der Waals surface area contributed by atoms with Gasteiger partial charge in [0.1, 0.15) is 6.04 Å². The lowest BCUT2D eigenvalue weighted by Gasteiger charge is -2.20. The summed E-state index contributed by atoms with van der Waals surface area (Å²) in [5, 5.41) is 14.0. The zero-order chi connectivity index (χ0) is 24.9. The summed E-state index contributed by atoms with van der Waals surface area (Å²) in [6.45, 7) is 3.94. The van der Waals surface area contributed by atoms with Crippen LogP contribution >= 0.6 is 22.9 Å². The Labute approximate surface area is 214 Å². The zero-order valence-corrected chi connectivity index (χ0v) is 21.7. The first-order chi connectivity index (χ1) is 16.8. The summed E-state index contributed by atoms with van der Waals surface area (Å²) >= 11 is 7.50. The van der Waals surface area contributed by atoms with Gasteiger partial charge >= 0.3 is 0 Å². The van der Waals surface area contributed by atoms with E-state index in [9.17, 15) is 9.59 Å². The van der Waals surface area contributed by atoms with Crippen molar-refractivity contribution in [1.82, 2.24) is 20.1 Å². The number of aromatic nitrogens is 3. The van der Waals surface area contributed by atoms with E-state index in [1.807, 2.05) is 26.0 Å². The Balaban J connectivity index is 1.43. The molecule has 3 heterocycles. The lowest BCUT2D eigenvalue weighted by molar-refractivity contribution is -0.118. The molecule has 2 unspecified atom stereocenters. The molecule has 2 amide bonds. The number of anilines is 2. The molecule has 1 aliphatic rings. The van der Waals surface area contributed by atoms with Gasteiger partial charge in [0.2, 0.25) is 5.91 Å². The molecule has 35 heavy (non-hydrogen) atoms. The van der Waals surface area contributed by atoms with Gasteiger partial charge in [-0.15, -0.1) is 11.3 Å². The van der Waals surface area contributed by atoms with E-state index in [2.05, 4.69) is 26.0 Å². The smallest absolute Gasteiger partial charge is 0.262 e. The van der Waals surface area contributed by atoms with Crippen molar-refractivity contribution in [3.8, 4) is 0 Å². The van der Waals surface area contributed by atoms with Crippen LogP contribution in [-0.2, 0) is 11.8 Å². The van der Waals surface area contributed by atoms with Crippen LogP contribution in [0.2, 0.25) is 5.02 Å². The summed E-state index contributed by atoms with van der Waals surface area (Å²) in [6, 6.07) is 6.67. The second kappa shape index (κ2) is 11.2. The number of aryl methyl sites for hydroxylation is 2. The maximum absolute atomic E-state index is 13.1. The highest BCUT2D eigenvalue weighted by molar-refractivity contribution is 7.14. The highest BCUT2D eigenvalue weighted by Crippen LogP contribution is 2.30. The first kappa shape index (κ1) is 25.2. The van der Waals surface area contributed by atoms with Crippen LogP contribution in [0.3, 0.4) is 0 Å². The molecular weight excluding hydrogens is 484 g/mol. The predicted octanol–water partition coefficient (Wildman–Crippen LogP) is 5.33. The number of nitrogens with one attached hydrogen (secondary N) is 3. The summed E-state index contributed by atoms with van der Waals surface area (Å²) in [4.78, 5) is 32.0. The quantitative estimate of drug-likeness (QED) is 0.358. The summed E-state index contributed by atoms with van der Waals surface area (Å²) in [6.07, 6.45) is 8.54. The SMILES string of the molecule is Cc1ncc(Cl)cc1NC(C)c1ccc(C(=O)NC(CC2CCCC2)C(=O)Nc2ccn(C)n2)s1. The van der Waals surface area contributed by atoms with Gasteiger partial charge < -0.3 is 16.0 Å². The third-order valence-electron chi connectivity index (χ3n) is 6.33. The van der Waals surface area contributed by atoms with E-state index >= 15 is 0 Å². The molecule has 4 rings (SSSR count). The molecule has 10 heteroatoms. The summed E-state index contributed by atoms with van der Waals surface area (Å²) < 4.78 is 1.63. The normalized spacial score (nSPS) is 15.5. The first-order valence-electron chi connectivity index (χ1n) is 11.9. The van der Waals surface area contributed by atoms with Gasteiger partial charge in [-0.1, -0.05) is 37.3 Å². The van der Waals surface area contributed by atoms with E-state index in [0.29, 0.717) is 28.1 Å². The Bertz CT molecular complexity index is 1190. The van der Waals surface area contributed by atoms with Gasteiger partial charge in [-0.3, -0.25) is 19.3 Å². The molecule has 0 aliphatic heterocycles. The van der Waals surface area contributed by atoms with Gasteiger partial charge in [0.25, 0.3) is 5.91 Å². The lowest BCUT2D eigenvalue weighted by atomic mass is 9.97. The molecule has 1 fully saturated rings. The Morgan fingerprint density at radius 1 is 1.26 bits per heavy atom. The van der Waals surface area contributed by atoms with Crippen LogP contribution in [0.15, 0.2) is 36.7 Å². The molecule has 1 saturated carbocycles. The largest absolute Gasteiger partial charge is 0.376 e. The topological polar surface area (TPSA) is 101 Å². The number of rotatable bonds is 9. The number of carbonyl (C=O) groups is 2. The zero-order valence-electron chi connectivity index (χ0n) is 20.2. The van der Waals surface area contributed by atoms with Crippen LogP contribution in [0.5, 0.6) is 0 Å². The second-order valence-electron chi connectivity index (χ2n) is 9.13. The first-order valence-corrected chi connectivity index (χ1v) is 13.1. The number of halogens is 1. The van der Waals surface area contributed by atoms with Crippen LogP contribution < -0.4 is 16.0 Å². The van der Waals surface area contributed by atoms with Crippen molar-refractivity contribution in [2.45, 2.75) is 58.0 Å². The number of pyridine rings is 1. The van der Waals surface area contributed by atoms with E-state index in [1.54, 1.807) is 36.3 Å². The maximum Gasteiger partial charge on any atom is 0.262 e. The molecule has 0 saturated heterocycles. The Morgan fingerprint density at radius 2 is 2.03 bits per heavy atom. The minimum absolute atomic E-state index is 0.0396. The number of hydrogen-bond acceptors (Lipinski definition) is 6. The number of hydrogen-bond donors (Lipinski definition) is 3. The minimum Gasteiger partial charge on any atom is -0.376 e. The Kier molecular flexibility index (Phi) is 8.07. The molecule has 0 aromatic carbocycles. The second-order valence-corrected chi connectivity index (χ2v) is 10.7. The standard InChI is InChI=1S/C25H31ClN6O2S/c1-15-19(13-18(26)14-27-15)28-16(2)21-8-9-22(35-21)25(34)29-20(12-17-6-4-5-7-17)24(33)30-23-10-11-32(3)31-23/h8-11,13-14,16-17,20,28H,4-7,12H2,1-3H3,(H,29,34)(H,30,31,33). The predicted molar refractivity (Wildman–Crippen MR) is 140 cm³/mol. The molecule has 186 valence electrons. The molecule has 3 aromatic rings. The minimum atomic E-state index is -0.617. The fourth-order valence-electron chi connectivity index (χ4n) is 4.40. The average molecular weight is 515 g/mol. The van der Waals surface area contributed by atoms with Crippen LogP contribution in [0, 0.1) is 12.8 Å². The van der Waals surface area contributed by atoms with Gasteiger partial charge in [0.15, 0.2) is 5.82 Å². The van der Waals surface area contributed by atoms with E-state index in [4.69, 9.17) is 11.6 Å². The van der Waals surface area contributed by atoms with Crippen molar-refractivity contribution in [2.75, 3.05) is 10.6 Å². The van der Waals surface area contributed by atoms with Crippen LogP contribution in [0.25, 0.3) is 0 Å². The molecule has 3 aromatic heterocycles. The van der Waals surface area contributed by atoms with E-state index in [0.717, 1.165) is 29.1 Å². The number of nitrogens with zero attached hydrogens (tertiary/aromatic N) is 3. The summed E-state index contributed by atoms with van der Waals surface area (Å²) in [7, 11) is 1.79. The van der Waals surface area contributed by atoms with Gasteiger partial charge in [-0.05, 0) is 44.4 Å². The van der Waals surface area contributed by atoms with Crippen LogP contribution in [-0.4, -0.2) is 32.6 Å². The number of thiophene rings is 1. The molecule has 3 N–H and O–H groups in total. The summed E-state index contributed by atoms with van der Waals surface area (Å²) in [5.41, 5.74) is 1.71. The van der Waals surface area contributed by atoms with Crippen LogP contribution in [0.4, 0.5) is 11.5 Å². The molecule has 1 aliphatic carbocycles. The Morgan fingerprint density at radius 3 is 2.74 bits per heavy atom. The fraction of sp³-hybridized carbons (Fsp3) is 0.440. The van der Waals surface area contributed by atoms with E-state index in [-0.39, 0.29) is 17.9 Å². The third-order valence-corrected chi connectivity index (χ3v) is 7.81. The maximum atomic E-state index is 13.1. The van der Waals surface area contributed by atoms with Crippen molar-refractivity contribution < 1.29 is 9.59 Å². The third kappa shape index (κ3) is 6.61. The highest BCUT2D eigenvalue weighted by Gasteiger charge is 2.28. The fourth-order valence-corrected chi connectivity index (χ4v) is 5.47. The molecule has 0 bridgehead atoms. The number of carbonyl (C=O) groups excluding carboxylic acids is 2. The molecule has 8 nitrogen and oxygen atoms in total. The van der Waals surface area contributed by atoms with Gasteiger partial charge in [-0.25, -0.2) is 0 Å². The molecule has 0 radical (unpaired) electrons. The number of amides is 2. The highest BCUT2D eigenvalue weighted by atomic mass is 35.5. The molecular formula is C25H31ClN6O2S. The molecule has 2 atom stereocenters. The van der Waals surface area contributed by atoms with Gasteiger partial charge in [0, 0.05) is 30.4 Å². The monoisotopic (exact) mass is 514 g/mol. The van der Waals surface area contributed by atoms with Crippen molar-refractivity contribution in [2.24, 2.45) is 13.0 Å². The van der Waals surface area contributed by atoms with Crippen LogP contribution in [0.1, 0.15) is 65.3 Å². The van der Waals surface area contributed by atoms with Gasteiger partial charge in [-0.2, -0.15) is 5.10 Å². The molecule has 0 spiro atoms. The van der Waals surface area contributed by atoms with Crippen molar-refractivity contribution in [3.05, 3.63) is 57.1 Å². The van der Waals surface area contributed by atoms with Crippen molar-refractivity contribution >= 4 is 46.3 Å². The van der Waals surface area contributed by atoms with E-state index < -0.39 is 6.04 Å². The van der Waals surface area contributed by atoms with Crippen molar-refractivity contribution in [3.63, 3.8) is 0 Å². The lowest BCUT2D eigenvalue weighted by Crippen LogP contribution is -2.44. The summed E-state index contributed by atoms with van der Waals surface area (Å²) in [5.74, 6) is 0.438. The van der Waals surface area contributed by atoms with Crippen molar-refractivity contribution in [1.29, 1.82) is 0 Å². The Hall–Kier alpha value is -2.91.